The molecule has 0 bridgehead atoms. The number of rotatable bonds is 1. The maximum atomic E-state index is 3.70. The molecule has 0 aliphatic carbocycles. The van der Waals surface area contributed by atoms with Crippen molar-refractivity contribution < 1.29 is 0 Å². The van der Waals surface area contributed by atoms with E-state index in [-0.39, 0.29) is 6.04 Å². The van der Waals surface area contributed by atoms with Gasteiger partial charge in [0.05, 0.1) is 6.04 Å². The van der Waals surface area contributed by atoms with Gasteiger partial charge in [-0.15, -0.1) is 0 Å². The van der Waals surface area contributed by atoms with Gasteiger partial charge in [-0.05, 0) is 49.1 Å². The van der Waals surface area contributed by atoms with Crippen LogP contribution < -0.4 is 5.32 Å². The SMILES string of the molecule is Cc1cc(C)c2[nH]c3c(c2c1)CCNC3c1ccccc1Br. The van der Waals surface area contributed by atoms with Crippen LogP contribution in [0.25, 0.3) is 10.9 Å². The number of halogens is 1. The van der Waals surface area contributed by atoms with Crippen LogP contribution in [0.2, 0.25) is 0 Å². The maximum absolute atomic E-state index is 3.70. The van der Waals surface area contributed by atoms with Crippen molar-refractivity contribution in [3.8, 4) is 0 Å². The zero-order chi connectivity index (χ0) is 15.3. The quantitative estimate of drug-likeness (QED) is 0.646. The van der Waals surface area contributed by atoms with Gasteiger partial charge in [-0.1, -0.05) is 45.8 Å². The van der Waals surface area contributed by atoms with Gasteiger partial charge < -0.3 is 10.3 Å². The summed E-state index contributed by atoms with van der Waals surface area (Å²) < 4.78 is 1.16. The Hall–Kier alpha value is -1.58. The summed E-state index contributed by atoms with van der Waals surface area (Å²) in [4.78, 5) is 3.70. The van der Waals surface area contributed by atoms with E-state index in [2.05, 4.69) is 76.5 Å². The molecular weight excluding hydrogens is 336 g/mol. The fourth-order valence-electron chi connectivity index (χ4n) is 3.66. The third-order valence-corrected chi connectivity index (χ3v) is 5.34. The first-order chi connectivity index (χ1) is 10.6. The first-order valence-electron chi connectivity index (χ1n) is 7.74. The second kappa shape index (κ2) is 5.25. The Bertz CT molecular complexity index is 863. The predicted octanol–water partition coefficient (Wildman–Crippen LogP) is 4.78. The van der Waals surface area contributed by atoms with E-state index >= 15 is 0 Å². The second-order valence-corrected chi connectivity index (χ2v) is 7.03. The zero-order valence-electron chi connectivity index (χ0n) is 12.8. The lowest BCUT2D eigenvalue weighted by Gasteiger charge is -2.25. The van der Waals surface area contributed by atoms with Gasteiger partial charge in [-0.25, -0.2) is 0 Å². The third-order valence-electron chi connectivity index (χ3n) is 4.62. The van der Waals surface area contributed by atoms with Gasteiger partial charge in [-0.3, -0.25) is 0 Å². The van der Waals surface area contributed by atoms with Gasteiger partial charge in [0.1, 0.15) is 0 Å². The molecule has 2 aromatic carbocycles. The summed E-state index contributed by atoms with van der Waals surface area (Å²) >= 11 is 3.70. The lowest BCUT2D eigenvalue weighted by molar-refractivity contribution is 0.559. The average molecular weight is 355 g/mol. The van der Waals surface area contributed by atoms with Crippen LogP contribution >= 0.6 is 15.9 Å². The molecule has 0 amide bonds. The topological polar surface area (TPSA) is 27.8 Å². The molecule has 0 spiro atoms. The minimum Gasteiger partial charge on any atom is -0.356 e. The minimum absolute atomic E-state index is 0.228. The van der Waals surface area contributed by atoms with E-state index in [1.54, 1.807) is 0 Å². The number of aromatic amines is 1. The van der Waals surface area contributed by atoms with Crippen LogP contribution in [0, 0.1) is 13.8 Å². The highest BCUT2D eigenvalue weighted by Gasteiger charge is 2.26. The Balaban J connectivity index is 1.95. The zero-order valence-corrected chi connectivity index (χ0v) is 14.4. The summed E-state index contributed by atoms with van der Waals surface area (Å²) in [6.07, 6.45) is 1.08. The highest BCUT2D eigenvalue weighted by Crippen LogP contribution is 2.37. The van der Waals surface area contributed by atoms with E-state index in [1.165, 1.54) is 38.9 Å². The number of hydrogen-bond donors (Lipinski definition) is 2. The van der Waals surface area contributed by atoms with Gasteiger partial charge in [0.2, 0.25) is 0 Å². The summed E-state index contributed by atoms with van der Waals surface area (Å²) in [6, 6.07) is 13.3. The number of nitrogens with one attached hydrogen (secondary N) is 2. The molecule has 3 aromatic rings. The lowest BCUT2D eigenvalue weighted by Crippen LogP contribution is -2.30. The molecule has 4 rings (SSSR count). The number of H-pyrrole nitrogens is 1. The molecule has 22 heavy (non-hydrogen) atoms. The normalized spacial score (nSPS) is 17.7. The fraction of sp³-hybridized carbons (Fsp3) is 0.263. The van der Waals surface area contributed by atoms with Crippen molar-refractivity contribution in [1.29, 1.82) is 0 Å². The van der Waals surface area contributed by atoms with Gasteiger partial charge in [0.25, 0.3) is 0 Å². The second-order valence-electron chi connectivity index (χ2n) is 6.18. The smallest absolute Gasteiger partial charge is 0.0743 e. The molecule has 2 heterocycles. The first-order valence-corrected chi connectivity index (χ1v) is 8.54. The Kier molecular flexibility index (Phi) is 3.35. The Morgan fingerprint density at radius 1 is 1.14 bits per heavy atom. The van der Waals surface area contributed by atoms with E-state index in [0.29, 0.717) is 0 Å². The van der Waals surface area contributed by atoms with Crippen molar-refractivity contribution in [1.82, 2.24) is 10.3 Å². The predicted molar refractivity (Wildman–Crippen MR) is 95.5 cm³/mol. The Morgan fingerprint density at radius 3 is 2.77 bits per heavy atom. The Labute approximate surface area is 139 Å². The van der Waals surface area contributed by atoms with Crippen molar-refractivity contribution in [2.75, 3.05) is 6.54 Å². The Morgan fingerprint density at radius 2 is 1.95 bits per heavy atom. The van der Waals surface area contributed by atoms with E-state index in [1.807, 2.05) is 0 Å². The molecule has 0 saturated heterocycles. The number of benzene rings is 2. The highest BCUT2D eigenvalue weighted by molar-refractivity contribution is 9.10. The monoisotopic (exact) mass is 354 g/mol. The highest BCUT2D eigenvalue weighted by atomic mass is 79.9. The number of hydrogen-bond acceptors (Lipinski definition) is 1. The summed E-state index contributed by atoms with van der Waals surface area (Å²) in [5.74, 6) is 0. The summed E-state index contributed by atoms with van der Waals surface area (Å²) in [5.41, 5.74) is 8.04. The van der Waals surface area contributed by atoms with E-state index < -0.39 is 0 Å². The van der Waals surface area contributed by atoms with Crippen LogP contribution in [0.1, 0.15) is 34.0 Å². The van der Waals surface area contributed by atoms with Crippen molar-refractivity contribution in [2.45, 2.75) is 26.3 Å². The third kappa shape index (κ3) is 2.11. The van der Waals surface area contributed by atoms with Gasteiger partial charge in [0, 0.05) is 27.6 Å². The minimum atomic E-state index is 0.228. The molecular formula is C19H19BrN2. The lowest BCUT2D eigenvalue weighted by atomic mass is 9.94. The molecule has 0 fully saturated rings. The summed E-state index contributed by atoms with van der Waals surface area (Å²) in [7, 11) is 0. The molecule has 3 heteroatoms. The standard InChI is InChI=1S/C19H19BrN2/c1-11-9-12(2)17-15(10-11)13-7-8-21-18(19(13)22-17)14-5-3-4-6-16(14)20/h3-6,9-10,18,21-22H,7-8H2,1-2H3. The number of aromatic nitrogens is 1. The van der Waals surface area contributed by atoms with Crippen molar-refractivity contribution in [3.63, 3.8) is 0 Å². The van der Waals surface area contributed by atoms with Gasteiger partial charge in [0.15, 0.2) is 0 Å². The molecule has 2 nitrogen and oxygen atoms in total. The fourth-order valence-corrected chi connectivity index (χ4v) is 4.17. The van der Waals surface area contributed by atoms with Crippen LogP contribution in [-0.4, -0.2) is 11.5 Å². The molecule has 1 aliphatic rings. The van der Waals surface area contributed by atoms with E-state index in [9.17, 15) is 0 Å². The summed E-state index contributed by atoms with van der Waals surface area (Å²) in [5, 5.41) is 5.06. The molecule has 1 aliphatic heterocycles. The van der Waals surface area contributed by atoms with Crippen LogP contribution in [0.5, 0.6) is 0 Å². The van der Waals surface area contributed by atoms with Crippen molar-refractivity contribution >= 4 is 26.8 Å². The molecule has 1 aromatic heterocycles. The molecule has 2 N–H and O–H groups in total. The van der Waals surface area contributed by atoms with E-state index in [4.69, 9.17) is 0 Å². The average Bonchev–Trinajstić information content (AvgIpc) is 2.87. The molecule has 1 unspecified atom stereocenters. The van der Waals surface area contributed by atoms with Crippen molar-refractivity contribution in [3.05, 3.63) is 68.8 Å². The molecule has 112 valence electrons. The maximum Gasteiger partial charge on any atom is 0.0743 e. The first kappa shape index (κ1) is 14.0. The number of aryl methyl sites for hydroxylation is 2. The molecule has 1 atom stereocenters. The molecule has 0 radical (unpaired) electrons. The van der Waals surface area contributed by atoms with Crippen LogP contribution in [0.3, 0.4) is 0 Å². The van der Waals surface area contributed by atoms with Gasteiger partial charge in [-0.2, -0.15) is 0 Å². The van der Waals surface area contributed by atoms with E-state index in [0.717, 1.165) is 17.4 Å². The van der Waals surface area contributed by atoms with Crippen LogP contribution in [-0.2, 0) is 6.42 Å². The number of fused-ring (bicyclic) bond motifs is 3. The van der Waals surface area contributed by atoms with Crippen LogP contribution in [0.15, 0.2) is 40.9 Å². The largest absolute Gasteiger partial charge is 0.356 e. The van der Waals surface area contributed by atoms with Crippen molar-refractivity contribution in [2.24, 2.45) is 0 Å². The van der Waals surface area contributed by atoms with Gasteiger partial charge >= 0.3 is 0 Å². The summed E-state index contributed by atoms with van der Waals surface area (Å²) in [6.45, 7) is 5.38. The van der Waals surface area contributed by atoms with Crippen LogP contribution in [0.4, 0.5) is 0 Å². The molecule has 0 saturated carbocycles.